The van der Waals surface area contributed by atoms with Gasteiger partial charge in [0.15, 0.2) is 5.69 Å². The van der Waals surface area contributed by atoms with Gasteiger partial charge < -0.3 is 25.0 Å². The van der Waals surface area contributed by atoms with Crippen LogP contribution in [0.4, 0.5) is 24.3 Å². The minimum Gasteiger partial charge on any atom is -0.444 e. The van der Waals surface area contributed by atoms with Crippen molar-refractivity contribution in [2.45, 2.75) is 63.9 Å². The SMILES string of the molecule is CC(C)(C)OC(=O)Nc1sc(-c2c(F)cccc2F)nc1C(=O)Nc1cn[nH]c1CC1CCC(O)C(O)CO1. The Balaban J connectivity index is 1.59. The molecule has 0 aliphatic carbocycles. The molecular formula is C25H29F2N5O6S. The lowest BCUT2D eigenvalue weighted by molar-refractivity contribution is -0.0340. The van der Waals surface area contributed by atoms with Crippen LogP contribution in [0.15, 0.2) is 24.4 Å². The van der Waals surface area contributed by atoms with Crippen molar-refractivity contribution in [1.29, 1.82) is 0 Å². The summed E-state index contributed by atoms with van der Waals surface area (Å²) in [5.74, 6) is -2.53. The summed E-state index contributed by atoms with van der Waals surface area (Å²) in [6.07, 6.45) is -0.616. The Kier molecular flexibility index (Phi) is 8.59. The van der Waals surface area contributed by atoms with Gasteiger partial charge in [-0.15, -0.1) is 0 Å². The van der Waals surface area contributed by atoms with Crippen molar-refractivity contribution in [3.05, 3.63) is 47.4 Å². The highest BCUT2D eigenvalue weighted by atomic mass is 32.1. The van der Waals surface area contributed by atoms with Gasteiger partial charge in [0.25, 0.3) is 5.91 Å². The molecular weight excluding hydrogens is 536 g/mol. The maximum absolute atomic E-state index is 14.5. The number of anilines is 2. The van der Waals surface area contributed by atoms with E-state index in [1.165, 1.54) is 12.3 Å². The number of hydrogen-bond acceptors (Lipinski definition) is 9. The minimum atomic E-state index is -0.981. The number of ether oxygens (including phenoxy) is 2. The smallest absolute Gasteiger partial charge is 0.412 e. The van der Waals surface area contributed by atoms with E-state index in [9.17, 15) is 28.6 Å². The van der Waals surface area contributed by atoms with Crippen molar-refractivity contribution in [2.24, 2.45) is 0 Å². The van der Waals surface area contributed by atoms with Crippen LogP contribution in [0.5, 0.6) is 0 Å². The molecule has 39 heavy (non-hydrogen) atoms. The van der Waals surface area contributed by atoms with Crippen LogP contribution in [-0.2, 0) is 15.9 Å². The third kappa shape index (κ3) is 7.15. The van der Waals surface area contributed by atoms with Crippen LogP contribution < -0.4 is 10.6 Å². The predicted molar refractivity (Wildman–Crippen MR) is 139 cm³/mol. The molecule has 1 aliphatic rings. The molecule has 11 nitrogen and oxygen atoms in total. The Morgan fingerprint density at radius 1 is 1.18 bits per heavy atom. The topological polar surface area (TPSA) is 159 Å². The highest BCUT2D eigenvalue weighted by Crippen LogP contribution is 2.36. The number of thiazole rings is 1. The lowest BCUT2D eigenvalue weighted by atomic mass is 10.0. The van der Waals surface area contributed by atoms with Crippen molar-refractivity contribution < 1.29 is 38.1 Å². The number of aromatic amines is 1. The first-order valence-electron chi connectivity index (χ1n) is 12.2. The average molecular weight is 566 g/mol. The molecule has 4 rings (SSSR count). The second kappa shape index (κ2) is 11.7. The van der Waals surface area contributed by atoms with Crippen LogP contribution in [0.2, 0.25) is 0 Å². The van der Waals surface area contributed by atoms with Crippen LogP contribution in [-0.4, -0.2) is 67.9 Å². The van der Waals surface area contributed by atoms with Gasteiger partial charge in [-0.3, -0.25) is 15.2 Å². The Labute approximate surface area is 226 Å². The van der Waals surface area contributed by atoms with E-state index in [-0.39, 0.29) is 28.4 Å². The summed E-state index contributed by atoms with van der Waals surface area (Å²) in [6.45, 7) is 4.95. The van der Waals surface area contributed by atoms with Crippen molar-refractivity contribution in [2.75, 3.05) is 17.2 Å². The second-order valence-corrected chi connectivity index (χ2v) is 11.0. The molecule has 0 bridgehead atoms. The number of nitrogens with one attached hydrogen (secondary N) is 3. The quantitative estimate of drug-likeness (QED) is 0.301. The Hall–Kier alpha value is -3.46. The van der Waals surface area contributed by atoms with Crippen LogP contribution in [0.25, 0.3) is 10.6 Å². The van der Waals surface area contributed by atoms with Crippen molar-refractivity contribution in [3.8, 4) is 10.6 Å². The zero-order valence-corrected chi connectivity index (χ0v) is 22.3. The molecule has 14 heteroatoms. The van der Waals surface area contributed by atoms with Gasteiger partial charge in [0.2, 0.25) is 0 Å². The van der Waals surface area contributed by atoms with Crippen molar-refractivity contribution in [1.82, 2.24) is 15.2 Å². The standard InChI is InChI=1S/C25H29F2N5O6S/c1-25(2,3)38-24(36)31-23-20(30-22(39-23)19-13(26)5-4-6-14(19)27)21(35)29-16-10-28-32-15(16)9-12-7-8-17(33)18(34)11-37-12/h4-6,10,12,17-18,33-34H,7-9,11H2,1-3H3,(H,28,32)(H,29,35)(H,31,36). The normalized spacial score (nSPS) is 19.8. The second-order valence-electron chi connectivity index (χ2n) is 10.0. The number of carbonyl (C=O) groups is 2. The van der Waals surface area contributed by atoms with Crippen LogP contribution in [0.3, 0.4) is 0 Å². The number of amides is 2. The summed E-state index contributed by atoms with van der Waals surface area (Å²) in [4.78, 5) is 29.9. The van der Waals surface area contributed by atoms with Crippen molar-refractivity contribution in [3.63, 3.8) is 0 Å². The number of rotatable bonds is 6. The third-order valence-corrected chi connectivity index (χ3v) is 6.75. The van der Waals surface area contributed by atoms with Gasteiger partial charge >= 0.3 is 6.09 Å². The zero-order chi connectivity index (χ0) is 28.3. The van der Waals surface area contributed by atoms with Crippen LogP contribution in [0.1, 0.15) is 49.8 Å². The van der Waals surface area contributed by atoms with E-state index in [4.69, 9.17) is 9.47 Å². The fourth-order valence-corrected chi connectivity index (χ4v) is 4.89. The van der Waals surface area contributed by atoms with Gasteiger partial charge in [0, 0.05) is 6.42 Å². The van der Waals surface area contributed by atoms with Gasteiger partial charge in [0.1, 0.15) is 33.3 Å². The van der Waals surface area contributed by atoms with Crippen LogP contribution in [0, 0.1) is 11.6 Å². The van der Waals surface area contributed by atoms with Gasteiger partial charge in [0.05, 0.1) is 42.0 Å². The molecule has 0 spiro atoms. The number of hydrogen-bond donors (Lipinski definition) is 5. The molecule has 1 fully saturated rings. The molecule has 3 unspecified atom stereocenters. The molecule has 2 amide bonds. The van der Waals surface area contributed by atoms with E-state index in [1.807, 2.05) is 0 Å². The molecule has 3 aromatic rings. The monoisotopic (exact) mass is 565 g/mol. The maximum atomic E-state index is 14.5. The number of aliphatic hydroxyl groups is 2. The summed E-state index contributed by atoms with van der Waals surface area (Å²) in [5, 5.41) is 31.4. The minimum absolute atomic E-state index is 0.0322. The molecule has 3 atom stereocenters. The molecule has 1 saturated heterocycles. The van der Waals surface area contributed by atoms with E-state index in [1.54, 1.807) is 20.8 Å². The molecule has 1 aromatic carbocycles. The molecule has 2 aromatic heterocycles. The average Bonchev–Trinajstić information content (AvgIpc) is 3.41. The summed E-state index contributed by atoms with van der Waals surface area (Å²) in [5.41, 5.74) is -0.754. The number of benzene rings is 1. The predicted octanol–water partition coefficient (Wildman–Crippen LogP) is 3.85. The van der Waals surface area contributed by atoms with Crippen LogP contribution >= 0.6 is 11.3 Å². The fourth-order valence-electron chi connectivity index (χ4n) is 3.89. The molecule has 0 radical (unpaired) electrons. The number of halogens is 2. The van der Waals surface area contributed by atoms with Crippen molar-refractivity contribution >= 4 is 34.0 Å². The Morgan fingerprint density at radius 3 is 2.59 bits per heavy atom. The number of aromatic nitrogens is 3. The van der Waals surface area contributed by atoms with Gasteiger partial charge in [-0.25, -0.2) is 18.6 Å². The lowest BCUT2D eigenvalue weighted by Gasteiger charge is -2.19. The largest absolute Gasteiger partial charge is 0.444 e. The first-order chi connectivity index (χ1) is 18.4. The summed E-state index contributed by atoms with van der Waals surface area (Å²) in [6, 6.07) is 3.33. The van der Waals surface area contributed by atoms with E-state index in [0.29, 0.717) is 42.0 Å². The van der Waals surface area contributed by atoms with E-state index < -0.39 is 47.0 Å². The van der Waals surface area contributed by atoms with E-state index in [0.717, 1.165) is 12.1 Å². The molecule has 5 N–H and O–H groups in total. The molecule has 1 aliphatic heterocycles. The zero-order valence-electron chi connectivity index (χ0n) is 21.5. The third-order valence-electron chi connectivity index (χ3n) is 5.76. The molecule has 3 heterocycles. The van der Waals surface area contributed by atoms with Gasteiger partial charge in [-0.05, 0) is 45.7 Å². The Bertz CT molecular complexity index is 1310. The highest BCUT2D eigenvalue weighted by molar-refractivity contribution is 7.19. The summed E-state index contributed by atoms with van der Waals surface area (Å²) < 4.78 is 39.9. The van der Waals surface area contributed by atoms with Gasteiger partial charge in [-0.1, -0.05) is 17.4 Å². The fraction of sp³-hybridized carbons (Fsp3) is 0.440. The summed E-state index contributed by atoms with van der Waals surface area (Å²) >= 11 is 0.717. The first kappa shape index (κ1) is 28.5. The summed E-state index contributed by atoms with van der Waals surface area (Å²) in [7, 11) is 0. The molecule has 0 saturated carbocycles. The number of nitrogens with zero attached hydrogens (tertiary/aromatic N) is 2. The highest BCUT2D eigenvalue weighted by Gasteiger charge is 2.28. The maximum Gasteiger partial charge on any atom is 0.412 e. The molecule has 210 valence electrons. The lowest BCUT2D eigenvalue weighted by Crippen LogP contribution is -2.28. The number of aliphatic hydroxyl groups excluding tert-OH is 2. The Morgan fingerprint density at radius 2 is 1.90 bits per heavy atom. The first-order valence-corrected chi connectivity index (χ1v) is 13.0. The number of carbonyl (C=O) groups excluding carboxylic acids is 2. The number of H-pyrrole nitrogens is 1. The van der Waals surface area contributed by atoms with E-state index in [2.05, 4.69) is 25.8 Å². The van der Waals surface area contributed by atoms with Gasteiger partial charge in [-0.2, -0.15) is 5.10 Å². The van der Waals surface area contributed by atoms with E-state index >= 15 is 0 Å².